The summed E-state index contributed by atoms with van der Waals surface area (Å²) in [6, 6.07) is 12.6. The van der Waals surface area contributed by atoms with Gasteiger partial charge in [0.05, 0.1) is 11.7 Å². The Hall–Kier alpha value is -2.86. The maximum atomic E-state index is 14.8. The maximum absolute atomic E-state index is 14.8. The lowest BCUT2D eigenvalue weighted by molar-refractivity contribution is 0.457. The zero-order chi connectivity index (χ0) is 26.3. The number of nitrogens with one attached hydrogen (secondary N) is 1. The van der Waals surface area contributed by atoms with Crippen molar-refractivity contribution in [3.8, 4) is 11.3 Å². The second kappa shape index (κ2) is 9.89. The summed E-state index contributed by atoms with van der Waals surface area (Å²) in [4.78, 5) is 4.05. The minimum atomic E-state index is -3.67. The summed E-state index contributed by atoms with van der Waals surface area (Å²) in [5, 5.41) is 4.45. The first-order chi connectivity index (χ1) is 16.8. The lowest BCUT2D eigenvalue weighted by atomic mass is 9.94. The van der Waals surface area contributed by atoms with Crippen LogP contribution in [0.15, 0.2) is 64.1 Å². The molecular weight excluding hydrogens is 508 g/mol. The van der Waals surface area contributed by atoms with Crippen molar-refractivity contribution >= 4 is 32.2 Å². The predicted molar refractivity (Wildman–Crippen MR) is 134 cm³/mol. The number of fused-ring (bicyclic) bond motifs is 1. The van der Waals surface area contributed by atoms with E-state index in [0.29, 0.717) is 22.2 Å². The van der Waals surface area contributed by atoms with Crippen molar-refractivity contribution in [2.45, 2.75) is 43.0 Å². The van der Waals surface area contributed by atoms with Crippen LogP contribution in [0.3, 0.4) is 0 Å². The molecule has 2 heterocycles. The zero-order valence-corrected chi connectivity index (χ0v) is 21.7. The lowest BCUT2D eigenvalue weighted by Crippen LogP contribution is -2.42. The summed E-state index contributed by atoms with van der Waals surface area (Å²) >= 11 is -1.57. The van der Waals surface area contributed by atoms with E-state index in [0.717, 1.165) is 18.4 Å². The van der Waals surface area contributed by atoms with Crippen molar-refractivity contribution in [3.05, 3.63) is 77.5 Å². The van der Waals surface area contributed by atoms with Gasteiger partial charge in [-0.1, -0.05) is 29.4 Å². The number of rotatable bonds is 7. The molecule has 0 aliphatic heterocycles. The summed E-state index contributed by atoms with van der Waals surface area (Å²) in [7, 11) is -3.67. The average Bonchev–Trinajstić information content (AvgIpc) is 3.21. The molecule has 2 aromatic carbocycles. The normalized spacial score (nSPS) is 14.2. The van der Waals surface area contributed by atoms with E-state index in [1.807, 2.05) is 0 Å². The Morgan fingerprint density at radius 2 is 1.83 bits per heavy atom. The minimum Gasteiger partial charge on any atom is -0.598 e. The van der Waals surface area contributed by atoms with Crippen molar-refractivity contribution < 1.29 is 26.3 Å². The van der Waals surface area contributed by atoms with E-state index in [4.69, 9.17) is 4.52 Å². The fourth-order valence-electron chi connectivity index (χ4n) is 3.65. The van der Waals surface area contributed by atoms with Gasteiger partial charge in [-0.2, -0.15) is 0 Å². The molecule has 0 fully saturated rings. The Kier molecular flexibility index (Phi) is 7.20. The highest BCUT2D eigenvalue weighted by Gasteiger charge is 2.32. The number of halogens is 2. The highest BCUT2D eigenvalue weighted by atomic mass is 32.2. The standard InChI is InChI=1S/C25H25F2N3O4S2/c1-25(2,3)35(31)30-20(14-21-19(27)11-12-23(28-21)36(4,32)33)16-7-5-6-8-17(16)24-18-10-9-15(26)13-22(18)34-29-24/h5-13,20,30H,14H2,1-4H3/t20?,35-/m0/s1. The summed E-state index contributed by atoms with van der Waals surface area (Å²) in [5.41, 5.74) is 1.82. The molecule has 4 rings (SSSR count). The first-order valence-corrected chi connectivity index (χ1v) is 14.1. The Bertz CT molecular complexity index is 1520. The first-order valence-electron chi connectivity index (χ1n) is 11.0. The monoisotopic (exact) mass is 533 g/mol. The fraction of sp³-hybridized carbons (Fsp3) is 0.280. The van der Waals surface area contributed by atoms with Crippen LogP contribution in [0.2, 0.25) is 0 Å². The number of hydrogen-bond acceptors (Lipinski definition) is 7. The van der Waals surface area contributed by atoms with Gasteiger partial charge in [0.1, 0.15) is 22.1 Å². The molecule has 11 heteroatoms. The summed E-state index contributed by atoms with van der Waals surface area (Å²) in [6.07, 6.45) is 0.896. The molecule has 0 bridgehead atoms. The van der Waals surface area contributed by atoms with Crippen molar-refractivity contribution in [3.63, 3.8) is 0 Å². The van der Waals surface area contributed by atoms with E-state index < -0.39 is 43.6 Å². The van der Waals surface area contributed by atoms with E-state index in [1.54, 1.807) is 51.1 Å². The van der Waals surface area contributed by atoms with Gasteiger partial charge in [0.25, 0.3) is 0 Å². The SMILES string of the molecule is CC(C)(C)[S@+]([O-])NC(Cc1nc(S(C)(=O)=O)ccc1F)c1ccccc1-c1noc2cc(F)ccc12. The highest BCUT2D eigenvalue weighted by Crippen LogP contribution is 2.35. The van der Waals surface area contributed by atoms with Crippen LogP contribution in [0.4, 0.5) is 8.78 Å². The number of nitrogens with zero attached hydrogens (tertiary/aromatic N) is 2. The van der Waals surface area contributed by atoms with E-state index in [-0.39, 0.29) is 22.7 Å². The van der Waals surface area contributed by atoms with Crippen LogP contribution >= 0.6 is 0 Å². The molecule has 36 heavy (non-hydrogen) atoms. The molecule has 0 saturated carbocycles. The molecule has 0 radical (unpaired) electrons. The van der Waals surface area contributed by atoms with Gasteiger partial charge in [0.2, 0.25) is 0 Å². The molecule has 0 saturated heterocycles. The zero-order valence-electron chi connectivity index (χ0n) is 20.1. The lowest BCUT2D eigenvalue weighted by Gasteiger charge is -2.29. The molecule has 190 valence electrons. The van der Waals surface area contributed by atoms with E-state index in [9.17, 15) is 21.8 Å². The highest BCUT2D eigenvalue weighted by molar-refractivity contribution is 7.91. The molecule has 2 atom stereocenters. The molecule has 7 nitrogen and oxygen atoms in total. The van der Waals surface area contributed by atoms with Gasteiger partial charge in [-0.05, 0) is 50.6 Å². The van der Waals surface area contributed by atoms with Gasteiger partial charge in [0, 0.05) is 41.1 Å². The summed E-state index contributed by atoms with van der Waals surface area (Å²) in [6.45, 7) is 5.38. The van der Waals surface area contributed by atoms with Gasteiger partial charge >= 0.3 is 0 Å². The van der Waals surface area contributed by atoms with Crippen molar-refractivity contribution in [1.29, 1.82) is 0 Å². The number of pyridine rings is 1. The molecule has 1 unspecified atom stereocenters. The average molecular weight is 534 g/mol. The van der Waals surface area contributed by atoms with Gasteiger partial charge in [-0.3, -0.25) is 0 Å². The first kappa shape index (κ1) is 26.2. The third-order valence-corrected chi connectivity index (χ3v) is 8.10. The van der Waals surface area contributed by atoms with Crippen LogP contribution in [0, 0.1) is 11.6 Å². The van der Waals surface area contributed by atoms with Gasteiger partial charge in [-0.15, -0.1) is 4.72 Å². The summed E-state index contributed by atoms with van der Waals surface area (Å²) in [5.74, 6) is -1.15. The number of hydrogen-bond donors (Lipinski definition) is 1. The number of benzene rings is 2. The minimum absolute atomic E-state index is 0.0942. The quantitative estimate of drug-likeness (QED) is 0.336. The number of aromatic nitrogens is 2. The van der Waals surface area contributed by atoms with Crippen LogP contribution in [0.5, 0.6) is 0 Å². The van der Waals surface area contributed by atoms with E-state index >= 15 is 0 Å². The van der Waals surface area contributed by atoms with Crippen LogP contribution in [0.1, 0.15) is 38.1 Å². The van der Waals surface area contributed by atoms with E-state index in [2.05, 4.69) is 14.9 Å². The van der Waals surface area contributed by atoms with Crippen molar-refractivity contribution in [1.82, 2.24) is 14.9 Å². The molecule has 0 amide bonds. The third kappa shape index (κ3) is 5.59. The Labute approximate surface area is 211 Å². The van der Waals surface area contributed by atoms with Crippen LogP contribution < -0.4 is 4.72 Å². The van der Waals surface area contributed by atoms with Crippen molar-refractivity contribution in [2.24, 2.45) is 0 Å². The van der Waals surface area contributed by atoms with Crippen LogP contribution in [-0.2, 0) is 27.6 Å². The maximum Gasteiger partial charge on any atom is 0.192 e. The van der Waals surface area contributed by atoms with Gasteiger partial charge < -0.3 is 9.08 Å². The van der Waals surface area contributed by atoms with Gasteiger partial charge in [0.15, 0.2) is 20.4 Å². The third-order valence-electron chi connectivity index (χ3n) is 5.50. The Balaban J connectivity index is 1.84. The number of sulfone groups is 1. The Morgan fingerprint density at radius 1 is 1.11 bits per heavy atom. The second-order valence-electron chi connectivity index (χ2n) is 9.36. The molecule has 1 N–H and O–H groups in total. The summed E-state index contributed by atoms with van der Waals surface area (Å²) < 4.78 is 73.4. The van der Waals surface area contributed by atoms with Crippen LogP contribution in [-0.4, -0.2) is 34.1 Å². The molecule has 4 aromatic rings. The smallest absolute Gasteiger partial charge is 0.192 e. The Morgan fingerprint density at radius 3 is 2.53 bits per heavy atom. The fourth-order valence-corrected chi connectivity index (χ4v) is 5.06. The predicted octanol–water partition coefficient (Wildman–Crippen LogP) is 4.91. The molecule has 0 aliphatic carbocycles. The molecule has 0 aliphatic rings. The second-order valence-corrected chi connectivity index (χ2v) is 13.3. The van der Waals surface area contributed by atoms with E-state index in [1.165, 1.54) is 12.1 Å². The molecule has 0 spiro atoms. The van der Waals surface area contributed by atoms with Crippen molar-refractivity contribution in [2.75, 3.05) is 6.26 Å². The molecule has 2 aromatic heterocycles. The van der Waals surface area contributed by atoms with Gasteiger partial charge in [-0.25, -0.2) is 22.2 Å². The largest absolute Gasteiger partial charge is 0.598 e. The topological polar surface area (TPSA) is 108 Å². The molecular formula is C25H25F2N3O4S2. The van der Waals surface area contributed by atoms with Crippen LogP contribution in [0.25, 0.3) is 22.2 Å².